The van der Waals surface area contributed by atoms with Gasteiger partial charge in [0.05, 0.1) is 12.7 Å². The highest BCUT2D eigenvalue weighted by atomic mass is 16.6. The van der Waals surface area contributed by atoms with Gasteiger partial charge in [-0.1, -0.05) is 18.9 Å². The first-order chi connectivity index (χ1) is 14.7. The van der Waals surface area contributed by atoms with Gasteiger partial charge in [-0.25, -0.2) is 14.4 Å². The number of carbonyl (C=O) groups excluding carboxylic acids is 3. The van der Waals surface area contributed by atoms with Crippen molar-refractivity contribution in [2.45, 2.75) is 110 Å². The summed E-state index contributed by atoms with van der Waals surface area (Å²) in [7, 11) is 0. The fraction of sp³-hybridized carbons (Fsp3) is 0.783. The number of hydrogen-bond acceptors (Lipinski definition) is 8. The van der Waals surface area contributed by atoms with E-state index in [1.165, 1.54) is 6.08 Å². The number of carbonyl (C=O) groups is 3. The molecule has 2 amide bonds. The molecule has 1 saturated heterocycles. The van der Waals surface area contributed by atoms with Gasteiger partial charge >= 0.3 is 18.2 Å². The number of aliphatic hydroxyl groups excluding tert-OH is 1. The van der Waals surface area contributed by atoms with Gasteiger partial charge in [0.2, 0.25) is 0 Å². The average Bonchev–Trinajstić information content (AvgIpc) is 2.60. The highest BCUT2D eigenvalue weighted by Crippen LogP contribution is 2.24. The predicted molar refractivity (Wildman–Crippen MR) is 118 cm³/mol. The number of rotatable bonds is 4. The van der Waals surface area contributed by atoms with Crippen molar-refractivity contribution < 1.29 is 38.4 Å². The lowest BCUT2D eigenvalue weighted by Gasteiger charge is -2.35. The predicted octanol–water partition coefficient (Wildman–Crippen LogP) is 3.97. The number of ether oxygens (including phenoxy) is 4. The average molecular weight is 458 g/mol. The minimum atomic E-state index is -1.24. The molecule has 0 aliphatic carbocycles. The Bertz CT molecular complexity index is 636. The molecular formula is C23H39NO8. The standard InChI is InChI=1S/C23H39NO8/c1-9-14-29-18-15(2)30-19(26)16(12-10-11-13-17(18)25)24(20(27)31-22(3,4)5)21(28)32-23(6,7)8/h9,15-18,25H,1,10-14H2,2-8H3/t15-,16-,17-,18-/m0/s1. The Kier molecular flexibility index (Phi) is 10.2. The summed E-state index contributed by atoms with van der Waals surface area (Å²) in [6.45, 7) is 15.3. The molecule has 0 saturated carbocycles. The third-order valence-corrected chi connectivity index (χ3v) is 4.54. The Morgan fingerprint density at radius 3 is 2.06 bits per heavy atom. The van der Waals surface area contributed by atoms with Gasteiger partial charge in [0.1, 0.15) is 29.5 Å². The van der Waals surface area contributed by atoms with E-state index in [0.29, 0.717) is 24.2 Å². The maximum Gasteiger partial charge on any atom is 0.420 e. The second-order valence-corrected chi connectivity index (χ2v) is 9.93. The van der Waals surface area contributed by atoms with E-state index < -0.39 is 53.7 Å². The number of aliphatic hydroxyl groups is 1. The van der Waals surface area contributed by atoms with E-state index in [4.69, 9.17) is 18.9 Å². The lowest BCUT2D eigenvalue weighted by molar-refractivity contribution is -0.169. The zero-order chi connectivity index (χ0) is 24.7. The molecule has 0 aromatic rings. The van der Waals surface area contributed by atoms with Crippen molar-refractivity contribution in [1.29, 1.82) is 0 Å². The first-order valence-corrected chi connectivity index (χ1v) is 11.0. The van der Waals surface area contributed by atoms with Crippen LogP contribution >= 0.6 is 0 Å². The third kappa shape index (κ3) is 9.16. The summed E-state index contributed by atoms with van der Waals surface area (Å²) in [5.41, 5.74) is -1.78. The van der Waals surface area contributed by atoms with Crippen LogP contribution < -0.4 is 0 Å². The van der Waals surface area contributed by atoms with Crippen molar-refractivity contribution in [2.24, 2.45) is 0 Å². The molecule has 1 fully saturated rings. The highest BCUT2D eigenvalue weighted by Gasteiger charge is 2.42. The Balaban J connectivity index is 3.25. The third-order valence-electron chi connectivity index (χ3n) is 4.54. The zero-order valence-electron chi connectivity index (χ0n) is 20.4. The van der Waals surface area contributed by atoms with Crippen LogP contribution in [-0.2, 0) is 23.7 Å². The molecule has 0 aromatic heterocycles. The Labute approximate surface area is 191 Å². The lowest BCUT2D eigenvalue weighted by atomic mass is 9.99. The molecule has 32 heavy (non-hydrogen) atoms. The monoisotopic (exact) mass is 457 g/mol. The molecule has 0 bridgehead atoms. The number of hydrogen-bond donors (Lipinski definition) is 1. The molecule has 1 aliphatic rings. The topological polar surface area (TPSA) is 112 Å². The summed E-state index contributed by atoms with van der Waals surface area (Å²) in [4.78, 5) is 39.7. The minimum absolute atomic E-state index is 0.148. The van der Waals surface area contributed by atoms with Gasteiger partial charge < -0.3 is 24.1 Å². The quantitative estimate of drug-likeness (QED) is 0.383. The van der Waals surface area contributed by atoms with Gasteiger partial charge in [0.15, 0.2) is 0 Å². The van der Waals surface area contributed by atoms with E-state index in [-0.39, 0.29) is 13.0 Å². The van der Waals surface area contributed by atoms with Crippen molar-refractivity contribution in [3.8, 4) is 0 Å². The number of nitrogens with zero attached hydrogens (tertiary/aromatic N) is 1. The fourth-order valence-electron chi connectivity index (χ4n) is 3.23. The molecule has 0 aromatic carbocycles. The van der Waals surface area contributed by atoms with Crippen LogP contribution in [0.4, 0.5) is 9.59 Å². The minimum Gasteiger partial charge on any atom is -0.458 e. The summed E-state index contributed by atoms with van der Waals surface area (Å²) < 4.78 is 21.9. The molecule has 184 valence electrons. The smallest absolute Gasteiger partial charge is 0.420 e. The van der Waals surface area contributed by atoms with Crippen LogP contribution in [0.3, 0.4) is 0 Å². The SMILES string of the molecule is C=CCO[C@H]1[C@H](C)OC(=O)[C@@H](N(C(=O)OC(C)(C)C)C(=O)OC(C)(C)C)CCCC[C@@H]1O. The molecule has 9 heteroatoms. The summed E-state index contributed by atoms with van der Waals surface area (Å²) in [6, 6.07) is -1.24. The summed E-state index contributed by atoms with van der Waals surface area (Å²) >= 11 is 0. The molecule has 0 spiro atoms. The molecule has 4 atom stereocenters. The first-order valence-electron chi connectivity index (χ1n) is 11.0. The normalized spacial score (nSPS) is 25.3. The summed E-state index contributed by atoms with van der Waals surface area (Å²) in [6.07, 6.45) is -1.29. The number of cyclic esters (lactones) is 1. The van der Waals surface area contributed by atoms with Crippen molar-refractivity contribution in [3.63, 3.8) is 0 Å². The number of amides is 2. The van der Waals surface area contributed by atoms with Gasteiger partial charge in [-0.3, -0.25) is 0 Å². The van der Waals surface area contributed by atoms with Crippen LogP contribution in [0, 0.1) is 0 Å². The van der Waals surface area contributed by atoms with Crippen molar-refractivity contribution in [3.05, 3.63) is 12.7 Å². The number of esters is 1. The van der Waals surface area contributed by atoms with Crippen molar-refractivity contribution >= 4 is 18.2 Å². The molecule has 9 nitrogen and oxygen atoms in total. The van der Waals surface area contributed by atoms with E-state index in [2.05, 4.69) is 6.58 Å². The molecule has 0 radical (unpaired) electrons. The molecule has 1 rings (SSSR count). The molecular weight excluding hydrogens is 418 g/mol. The second kappa shape index (κ2) is 11.7. The molecule has 1 aliphatic heterocycles. The first kappa shape index (κ1) is 27.9. The van der Waals surface area contributed by atoms with Gasteiger partial charge in [0.25, 0.3) is 0 Å². The van der Waals surface area contributed by atoms with E-state index in [0.717, 1.165) is 0 Å². The summed E-state index contributed by atoms with van der Waals surface area (Å²) in [5, 5.41) is 10.5. The molecule has 0 unspecified atom stereocenters. The van der Waals surface area contributed by atoms with E-state index in [1.54, 1.807) is 48.5 Å². The fourth-order valence-corrected chi connectivity index (χ4v) is 3.23. The Hall–Kier alpha value is -2.13. The second-order valence-electron chi connectivity index (χ2n) is 9.93. The van der Waals surface area contributed by atoms with Crippen LogP contribution in [0.25, 0.3) is 0 Å². The van der Waals surface area contributed by atoms with Crippen LogP contribution in [0.1, 0.15) is 74.1 Å². The number of imide groups is 1. The van der Waals surface area contributed by atoms with Gasteiger partial charge in [0, 0.05) is 0 Å². The van der Waals surface area contributed by atoms with E-state index in [9.17, 15) is 19.5 Å². The van der Waals surface area contributed by atoms with Crippen LogP contribution in [-0.4, -0.2) is 70.3 Å². The van der Waals surface area contributed by atoms with Gasteiger partial charge in [-0.15, -0.1) is 6.58 Å². The van der Waals surface area contributed by atoms with Gasteiger partial charge in [-0.05, 0) is 61.3 Å². The van der Waals surface area contributed by atoms with Crippen LogP contribution in [0.5, 0.6) is 0 Å². The van der Waals surface area contributed by atoms with Crippen molar-refractivity contribution in [1.82, 2.24) is 4.90 Å². The van der Waals surface area contributed by atoms with E-state index in [1.807, 2.05) is 0 Å². The molecule has 1 heterocycles. The maximum absolute atomic E-state index is 13.1. The Morgan fingerprint density at radius 2 is 1.59 bits per heavy atom. The van der Waals surface area contributed by atoms with Gasteiger partial charge in [-0.2, -0.15) is 4.90 Å². The largest absolute Gasteiger partial charge is 0.458 e. The zero-order valence-corrected chi connectivity index (χ0v) is 20.4. The Morgan fingerprint density at radius 1 is 1.09 bits per heavy atom. The lowest BCUT2D eigenvalue weighted by Crippen LogP contribution is -2.54. The van der Waals surface area contributed by atoms with Crippen molar-refractivity contribution in [2.75, 3.05) is 6.61 Å². The molecule has 1 N–H and O–H groups in total. The highest BCUT2D eigenvalue weighted by molar-refractivity contribution is 5.94. The van der Waals surface area contributed by atoms with Crippen LogP contribution in [0.15, 0.2) is 12.7 Å². The van der Waals surface area contributed by atoms with E-state index >= 15 is 0 Å². The summed E-state index contributed by atoms with van der Waals surface area (Å²) in [5.74, 6) is -0.796. The maximum atomic E-state index is 13.1. The van der Waals surface area contributed by atoms with Crippen LogP contribution in [0.2, 0.25) is 0 Å².